The van der Waals surface area contributed by atoms with E-state index in [1.807, 2.05) is 6.20 Å². The van der Waals surface area contributed by atoms with Crippen molar-refractivity contribution in [1.82, 2.24) is 9.97 Å². The summed E-state index contributed by atoms with van der Waals surface area (Å²) in [5, 5.41) is 0. The lowest BCUT2D eigenvalue weighted by molar-refractivity contribution is 0.287. The van der Waals surface area contributed by atoms with Crippen LogP contribution < -0.4 is 0 Å². The highest BCUT2D eigenvalue weighted by Gasteiger charge is 2.29. The summed E-state index contributed by atoms with van der Waals surface area (Å²) in [6, 6.07) is 8.29. The number of hydrogen-bond acceptors (Lipinski definition) is 3. The molecular formula is C23H32N2OSi. The minimum Gasteiger partial charge on any atom is -0.412 e. The summed E-state index contributed by atoms with van der Waals surface area (Å²) in [5.74, 6) is 0. The van der Waals surface area contributed by atoms with Crippen molar-refractivity contribution in [1.29, 1.82) is 0 Å². The van der Waals surface area contributed by atoms with Gasteiger partial charge in [0.2, 0.25) is 0 Å². The average Bonchev–Trinajstić information content (AvgIpc) is 3.36. The molecule has 0 radical (unpaired) electrons. The molecule has 2 aliphatic rings. The maximum absolute atomic E-state index is 6.66. The lowest BCUT2D eigenvalue weighted by Gasteiger charge is -2.28. The Morgan fingerprint density at radius 2 is 1.56 bits per heavy atom. The van der Waals surface area contributed by atoms with Gasteiger partial charge in [-0.1, -0.05) is 20.8 Å². The zero-order chi connectivity index (χ0) is 18.9. The van der Waals surface area contributed by atoms with Crippen molar-refractivity contribution < 1.29 is 4.43 Å². The number of fused-ring (bicyclic) bond motifs is 2. The van der Waals surface area contributed by atoms with Gasteiger partial charge >= 0.3 is 0 Å². The fourth-order valence-electron chi connectivity index (χ4n) is 4.72. The largest absolute Gasteiger partial charge is 0.412 e. The molecule has 27 heavy (non-hydrogen) atoms. The lowest BCUT2D eigenvalue weighted by atomic mass is 10.0. The van der Waals surface area contributed by atoms with Gasteiger partial charge < -0.3 is 4.43 Å². The van der Waals surface area contributed by atoms with E-state index in [0.29, 0.717) is 6.61 Å². The summed E-state index contributed by atoms with van der Waals surface area (Å²) in [5.41, 5.74) is 8.99. The molecule has 0 amide bonds. The van der Waals surface area contributed by atoms with Crippen LogP contribution in [0.3, 0.4) is 0 Å². The number of hydrogen-bond donors (Lipinski definition) is 0. The highest BCUT2D eigenvalue weighted by atomic mass is 28.4. The topological polar surface area (TPSA) is 35.0 Å². The fourth-order valence-corrected chi connectivity index (χ4v) is 7.30. The van der Waals surface area contributed by atoms with Gasteiger partial charge in [0.05, 0.1) is 12.3 Å². The molecule has 4 rings (SSSR count). The second-order valence-electron chi connectivity index (χ2n) is 8.17. The average molecular weight is 381 g/mol. The van der Waals surface area contributed by atoms with Crippen molar-refractivity contribution in [3.8, 4) is 11.3 Å². The molecule has 144 valence electrons. The van der Waals surface area contributed by atoms with Crippen LogP contribution >= 0.6 is 0 Å². The molecule has 0 fully saturated rings. The van der Waals surface area contributed by atoms with Crippen LogP contribution in [-0.4, -0.2) is 18.3 Å². The monoisotopic (exact) mass is 380 g/mol. The Hall–Kier alpha value is -1.52. The molecule has 0 aliphatic heterocycles. The summed E-state index contributed by atoms with van der Waals surface area (Å²) >= 11 is 0. The first-order valence-electron chi connectivity index (χ1n) is 10.8. The van der Waals surface area contributed by atoms with Crippen molar-refractivity contribution in [3.63, 3.8) is 0 Å². The van der Waals surface area contributed by atoms with Gasteiger partial charge in [0, 0.05) is 28.7 Å². The van der Waals surface area contributed by atoms with E-state index in [1.165, 1.54) is 64.6 Å². The number of rotatable bonds is 7. The molecular weight excluding hydrogens is 348 g/mol. The number of pyridine rings is 2. The molecule has 2 heterocycles. The zero-order valence-electron chi connectivity index (χ0n) is 17.1. The van der Waals surface area contributed by atoms with Crippen LogP contribution in [0, 0.1) is 0 Å². The van der Waals surface area contributed by atoms with Crippen LogP contribution in [0.1, 0.15) is 61.7 Å². The summed E-state index contributed by atoms with van der Waals surface area (Å²) < 4.78 is 6.66. The third kappa shape index (κ3) is 3.62. The van der Waals surface area contributed by atoms with Crippen LogP contribution in [0.15, 0.2) is 18.3 Å². The second-order valence-corrected chi connectivity index (χ2v) is 12.9. The van der Waals surface area contributed by atoms with Crippen LogP contribution in [0.5, 0.6) is 0 Å². The molecule has 0 bridgehead atoms. The fraction of sp³-hybridized carbons (Fsp3) is 0.565. The van der Waals surface area contributed by atoms with Crippen LogP contribution in [0.25, 0.3) is 11.3 Å². The second kappa shape index (κ2) is 7.84. The molecule has 0 N–H and O–H groups in total. The Balaban J connectivity index is 1.70. The van der Waals surface area contributed by atoms with Crippen molar-refractivity contribution in [3.05, 3.63) is 46.4 Å². The van der Waals surface area contributed by atoms with E-state index < -0.39 is 8.32 Å². The van der Waals surface area contributed by atoms with Crippen molar-refractivity contribution in [2.45, 2.75) is 84.0 Å². The van der Waals surface area contributed by atoms with Gasteiger partial charge in [-0.3, -0.25) is 9.97 Å². The quantitative estimate of drug-likeness (QED) is 0.583. The van der Waals surface area contributed by atoms with Crippen LogP contribution in [0.4, 0.5) is 0 Å². The Morgan fingerprint density at radius 1 is 0.889 bits per heavy atom. The summed E-state index contributed by atoms with van der Waals surface area (Å²) in [7, 11) is -1.61. The highest BCUT2D eigenvalue weighted by Crippen LogP contribution is 2.33. The maximum Gasteiger partial charge on any atom is 0.192 e. The third-order valence-corrected chi connectivity index (χ3v) is 11.4. The van der Waals surface area contributed by atoms with E-state index in [4.69, 9.17) is 14.4 Å². The van der Waals surface area contributed by atoms with Crippen LogP contribution in [-0.2, 0) is 36.7 Å². The molecule has 4 heteroatoms. The van der Waals surface area contributed by atoms with Gasteiger partial charge in [-0.05, 0) is 79.9 Å². The predicted octanol–water partition coefficient (Wildman–Crippen LogP) is 5.64. The Bertz CT molecular complexity index is 821. The highest BCUT2D eigenvalue weighted by molar-refractivity contribution is 6.73. The normalized spacial score (nSPS) is 15.8. The molecule has 0 saturated carbocycles. The zero-order valence-corrected chi connectivity index (χ0v) is 18.1. The van der Waals surface area contributed by atoms with Crippen molar-refractivity contribution >= 4 is 8.32 Å². The maximum atomic E-state index is 6.66. The van der Waals surface area contributed by atoms with E-state index >= 15 is 0 Å². The van der Waals surface area contributed by atoms with E-state index in [2.05, 4.69) is 32.9 Å². The van der Waals surface area contributed by atoms with Crippen molar-refractivity contribution in [2.24, 2.45) is 0 Å². The first kappa shape index (κ1) is 18.8. The van der Waals surface area contributed by atoms with Gasteiger partial charge in [0.1, 0.15) is 0 Å². The Kier molecular flexibility index (Phi) is 5.47. The van der Waals surface area contributed by atoms with Crippen molar-refractivity contribution in [2.75, 3.05) is 0 Å². The Morgan fingerprint density at radius 3 is 2.26 bits per heavy atom. The minimum atomic E-state index is -1.61. The molecule has 0 aromatic carbocycles. The van der Waals surface area contributed by atoms with E-state index in [1.54, 1.807) is 0 Å². The van der Waals surface area contributed by atoms with Gasteiger partial charge in [0.15, 0.2) is 8.32 Å². The van der Waals surface area contributed by atoms with Gasteiger partial charge in [-0.25, -0.2) is 0 Å². The van der Waals surface area contributed by atoms with Gasteiger partial charge in [0.25, 0.3) is 0 Å². The number of aromatic nitrogens is 2. The predicted molar refractivity (Wildman–Crippen MR) is 114 cm³/mol. The summed E-state index contributed by atoms with van der Waals surface area (Å²) in [6.07, 6.45) is 9.06. The SMILES string of the molecule is CC[Si](CC)(CC)OCc1cc2c(nc1-c1cnc3c(c1)CCC3)CCC2. The van der Waals surface area contributed by atoms with Gasteiger partial charge in [-0.2, -0.15) is 0 Å². The lowest BCUT2D eigenvalue weighted by Crippen LogP contribution is -2.35. The first-order valence-corrected chi connectivity index (χ1v) is 13.3. The number of aryl methyl sites for hydroxylation is 4. The Labute approximate surface area is 164 Å². The smallest absolute Gasteiger partial charge is 0.192 e. The summed E-state index contributed by atoms with van der Waals surface area (Å²) in [6.45, 7) is 7.59. The molecule has 0 atom stereocenters. The van der Waals surface area contributed by atoms with E-state index in [9.17, 15) is 0 Å². The van der Waals surface area contributed by atoms with Crippen LogP contribution in [0.2, 0.25) is 18.1 Å². The first-order chi connectivity index (χ1) is 13.2. The molecule has 0 unspecified atom stereocenters. The molecule has 3 nitrogen and oxygen atoms in total. The standard InChI is InChI=1S/C23H32N2OSi/c1-4-27(5-2,6-3)26-16-20-14-18-10-8-12-22(18)25-23(20)19-13-17-9-7-11-21(17)24-15-19/h13-15H,4-12,16H2,1-3H3. The molecule has 2 aliphatic carbocycles. The molecule has 0 spiro atoms. The summed E-state index contributed by atoms with van der Waals surface area (Å²) in [4.78, 5) is 9.88. The minimum absolute atomic E-state index is 0.703. The third-order valence-electron chi connectivity index (χ3n) is 6.79. The van der Waals surface area contributed by atoms with E-state index in [0.717, 1.165) is 31.4 Å². The van der Waals surface area contributed by atoms with Gasteiger partial charge in [-0.15, -0.1) is 0 Å². The number of nitrogens with zero attached hydrogens (tertiary/aromatic N) is 2. The van der Waals surface area contributed by atoms with E-state index in [-0.39, 0.29) is 0 Å². The molecule has 2 aromatic rings. The molecule has 0 saturated heterocycles. The molecule has 2 aromatic heterocycles.